The van der Waals surface area contributed by atoms with Crippen LogP contribution in [0.3, 0.4) is 0 Å². The van der Waals surface area contributed by atoms with Gasteiger partial charge in [-0.15, -0.1) is 0 Å². The number of fused-ring (bicyclic) bond motifs is 1. The number of anilines is 1. The van der Waals surface area contributed by atoms with Gasteiger partial charge in [0.2, 0.25) is 0 Å². The first kappa shape index (κ1) is 16.1. The maximum atomic E-state index is 13.3. The predicted octanol–water partition coefficient (Wildman–Crippen LogP) is 2.23. The van der Waals surface area contributed by atoms with Crippen molar-refractivity contribution in [2.24, 2.45) is 7.05 Å². The summed E-state index contributed by atoms with van der Waals surface area (Å²) in [5.41, 5.74) is 0.330. The summed E-state index contributed by atoms with van der Waals surface area (Å²) in [5.74, 6) is 0. The standard InChI is InChI=1S/C16H13F3N4O/c1-22-15(24)7-11-9-23(5-4-13(11)21-22)14-6-10(8-20)2-3-12(14)16(17,18)19/h2-3,6-7H,4-5,9H2,1H3. The van der Waals surface area contributed by atoms with Gasteiger partial charge in [-0.1, -0.05) is 0 Å². The molecule has 2 heterocycles. The van der Waals surface area contributed by atoms with E-state index in [2.05, 4.69) is 5.10 Å². The Morgan fingerprint density at radius 2 is 2.04 bits per heavy atom. The summed E-state index contributed by atoms with van der Waals surface area (Å²) >= 11 is 0. The van der Waals surface area contributed by atoms with Gasteiger partial charge in [0, 0.05) is 38.2 Å². The molecule has 2 aromatic rings. The molecule has 0 bridgehead atoms. The molecule has 1 aromatic heterocycles. The summed E-state index contributed by atoms with van der Waals surface area (Å²) in [6.45, 7) is 0.479. The highest BCUT2D eigenvalue weighted by atomic mass is 19.4. The number of hydrogen-bond donors (Lipinski definition) is 0. The van der Waals surface area contributed by atoms with E-state index in [9.17, 15) is 18.0 Å². The molecule has 0 saturated carbocycles. The number of benzene rings is 1. The minimum absolute atomic E-state index is 0.0483. The molecule has 0 spiro atoms. The Morgan fingerprint density at radius 1 is 1.29 bits per heavy atom. The normalized spacial score (nSPS) is 14.2. The van der Waals surface area contributed by atoms with Crippen LogP contribution in [0.15, 0.2) is 29.1 Å². The summed E-state index contributed by atoms with van der Waals surface area (Å²) in [7, 11) is 1.53. The zero-order chi connectivity index (χ0) is 17.5. The number of aromatic nitrogens is 2. The first-order valence-corrected chi connectivity index (χ1v) is 7.22. The van der Waals surface area contributed by atoms with Crippen molar-refractivity contribution in [3.63, 3.8) is 0 Å². The Morgan fingerprint density at radius 3 is 2.71 bits per heavy atom. The van der Waals surface area contributed by atoms with Crippen LogP contribution in [-0.2, 0) is 26.2 Å². The predicted molar refractivity (Wildman–Crippen MR) is 80.4 cm³/mol. The van der Waals surface area contributed by atoms with Gasteiger partial charge in [-0.25, -0.2) is 4.68 Å². The Bertz CT molecular complexity index is 896. The van der Waals surface area contributed by atoms with Gasteiger partial charge in [0.05, 0.1) is 28.6 Å². The van der Waals surface area contributed by atoms with Crippen LogP contribution in [0, 0.1) is 11.3 Å². The topological polar surface area (TPSA) is 61.9 Å². The molecule has 1 aliphatic rings. The minimum atomic E-state index is -4.52. The highest BCUT2D eigenvalue weighted by Gasteiger charge is 2.35. The van der Waals surface area contributed by atoms with E-state index in [-0.39, 0.29) is 23.4 Å². The first-order valence-electron chi connectivity index (χ1n) is 7.22. The van der Waals surface area contributed by atoms with Crippen molar-refractivity contribution in [2.75, 3.05) is 11.4 Å². The third-order valence-corrected chi connectivity index (χ3v) is 4.01. The molecule has 0 saturated heterocycles. The molecule has 0 amide bonds. The lowest BCUT2D eigenvalue weighted by Gasteiger charge is -2.32. The van der Waals surface area contributed by atoms with Crippen LogP contribution >= 0.6 is 0 Å². The third-order valence-electron chi connectivity index (χ3n) is 4.01. The number of aryl methyl sites for hydroxylation is 1. The fourth-order valence-corrected chi connectivity index (χ4v) is 2.80. The molecule has 3 rings (SSSR count). The average Bonchev–Trinajstić information content (AvgIpc) is 2.54. The molecule has 0 fully saturated rings. The van der Waals surface area contributed by atoms with E-state index in [1.807, 2.05) is 6.07 Å². The summed E-state index contributed by atoms with van der Waals surface area (Å²) in [5, 5.41) is 13.1. The van der Waals surface area contributed by atoms with E-state index in [0.717, 1.165) is 12.1 Å². The van der Waals surface area contributed by atoms with Crippen molar-refractivity contribution in [1.82, 2.24) is 9.78 Å². The largest absolute Gasteiger partial charge is 0.418 e. The van der Waals surface area contributed by atoms with Gasteiger partial charge >= 0.3 is 6.18 Å². The first-order chi connectivity index (χ1) is 11.3. The highest BCUT2D eigenvalue weighted by molar-refractivity contribution is 5.60. The molecule has 5 nitrogen and oxygen atoms in total. The van der Waals surface area contributed by atoms with E-state index >= 15 is 0 Å². The molecule has 124 valence electrons. The van der Waals surface area contributed by atoms with Gasteiger partial charge in [0.15, 0.2) is 0 Å². The van der Waals surface area contributed by atoms with E-state index in [1.54, 1.807) is 0 Å². The van der Waals surface area contributed by atoms with Crippen molar-refractivity contribution in [3.05, 3.63) is 57.0 Å². The Hall–Kier alpha value is -2.82. The molecule has 1 aliphatic heterocycles. The van der Waals surface area contributed by atoms with Crippen molar-refractivity contribution in [2.45, 2.75) is 19.1 Å². The van der Waals surface area contributed by atoms with Gasteiger partial charge in [-0.05, 0) is 18.2 Å². The molecule has 0 atom stereocenters. The highest BCUT2D eigenvalue weighted by Crippen LogP contribution is 2.38. The second-order valence-corrected chi connectivity index (χ2v) is 5.59. The summed E-state index contributed by atoms with van der Waals surface area (Å²) in [6, 6.07) is 6.57. The lowest BCUT2D eigenvalue weighted by molar-refractivity contribution is -0.137. The van der Waals surface area contributed by atoms with Crippen LogP contribution < -0.4 is 10.5 Å². The minimum Gasteiger partial charge on any atom is -0.366 e. The Kier molecular flexibility index (Phi) is 3.79. The summed E-state index contributed by atoms with van der Waals surface area (Å²) in [6.07, 6.45) is -4.09. The number of halogens is 3. The fourth-order valence-electron chi connectivity index (χ4n) is 2.80. The van der Waals surface area contributed by atoms with Gasteiger partial charge in [-0.3, -0.25) is 4.79 Å². The van der Waals surface area contributed by atoms with Crippen LogP contribution in [0.1, 0.15) is 22.4 Å². The zero-order valence-electron chi connectivity index (χ0n) is 12.8. The second kappa shape index (κ2) is 5.67. The number of rotatable bonds is 1. The van der Waals surface area contributed by atoms with E-state index in [1.165, 1.54) is 28.8 Å². The molecule has 0 unspecified atom stereocenters. The van der Waals surface area contributed by atoms with E-state index in [0.29, 0.717) is 24.2 Å². The van der Waals surface area contributed by atoms with Gasteiger partial charge in [-0.2, -0.15) is 23.5 Å². The molecule has 0 N–H and O–H groups in total. The lowest BCUT2D eigenvalue weighted by atomic mass is 10.0. The Labute approximate surface area is 135 Å². The van der Waals surface area contributed by atoms with Crippen LogP contribution in [0.4, 0.5) is 18.9 Å². The zero-order valence-corrected chi connectivity index (χ0v) is 12.8. The van der Waals surface area contributed by atoms with Crippen molar-refractivity contribution >= 4 is 5.69 Å². The van der Waals surface area contributed by atoms with Crippen molar-refractivity contribution in [3.8, 4) is 6.07 Å². The number of alkyl halides is 3. The van der Waals surface area contributed by atoms with Crippen molar-refractivity contribution < 1.29 is 13.2 Å². The average molecular weight is 334 g/mol. The van der Waals surface area contributed by atoms with Crippen molar-refractivity contribution in [1.29, 1.82) is 5.26 Å². The number of hydrogen-bond acceptors (Lipinski definition) is 4. The monoisotopic (exact) mass is 334 g/mol. The summed E-state index contributed by atoms with van der Waals surface area (Å²) < 4.78 is 41.0. The fraction of sp³-hybridized carbons (Fsp3) is 0.312. The summed E-state index contributed by atoms with van der Waals surface area (Å²) in [4.78, 5) is 13.3. The maximum Gasteiger partial charge on any atom is 0.418 e. The number of nitriles is 1. The second-order valence-electron chi connectivity index (χ2n) is 5.59. The smallest absolute Gasteiger partial charge is 0.366 e. The molecular formula is C16H13F3N4O. The molecule has 0 aliphatic carbocycles. The SMILES string of the molecule is Cn1nc2c(cc1=O)CN(c1cc(C#N)ccc1C(F)(F)F)CC2. The van der Waals surface area contributed by atoms with Crippen LogP contribution in [0.5, 0.6) is 0 Å². The molecule has 8 heteroatoms. The molecule has 24 heavy (non-hydrogen) atoms. The van der Waals surface area contributed by atoms with Gasteiger partial charge in [0.1, 0.15) is 0 Å². The third kappa shape index (κ3) is 2.85. The van der Waals surface area contributed by atoms with Crippen LogP contribution in [0.2, 0.25) is 0 Å². The van der Waals surface area contributed by atoms with Crippen LogP contribution in [-0.4, -0.2) is 16.3 Å². The van der Waals surface area contributed by atoms with E-state index in [4.69, 9.17) is 5.26 Å². The maximum absolute atomic E-state index is 13.3. The molecular weight excluding hydrogens is 321 g/mol. The molecule has 0 radical (unpaired) electrons. The van der Waals surface area contributed by atoms with E-state index < -0.39 is 11.7 Å². The van der Waals surface area contributed by atoms with Gasteiger partial charge in [0.25, 0.3) is 5.56 Å². The number of nitrogens with zero attached hydrogens (tertiary/aromatic N) is 4. The molecule has 1 aromatic carbocycles. The Balaban J connectivity index is 2.05. The quantitative estimate of drug-likeness (QED) is 0.802. The lowest BCUT2D eigenvalue weighted by Crippen LogP contribution is -2.35. The van der Waals surface area contributed by atoms with Crippen LogP contribution in [0.25, 0.3) is 0 Å². The van der Waals surface area contributed by atoms with Gasteiger partial charge < -0.3 is 4.90 Å².